The van der Waals surface area contributed by atoms with Crippen LogP contribution in [0.3, 0.4) is 0 Å². The number of hydrogen-bond donors (Lipinski definition) is 2. The Balaban J connectivity index is 0.00000196. The predicted molar refractivity (Wildman–Crippen MR) is 110 cm³/mol. The highest BCUT2D eigenvalue weighted by molar-refractivity contribution is 14.0. The third-order valence-corrected chi connectivity index (χ3v) is 5.18. The Morgan fingerprint density at radius 2 is 2.23 bits per heavy atom. The van der Waals surface area contributed by atoms with E-state index in [1.807, 2.05) is 4.68 Å². The van der Waals surface area contributed by atoms with Gasteiger partial charge in [0.05, 0.1) is 6.54 Å². The second-order valence-electron chi connectivity index (χ2n) is 6.54. The average Bonchev–Trinajstić information content (AvgIpc) is 3.17. The molecular formula is C17H21ClFIN6. The molecule has 1 saturated carbocycles. The summed E-state index contributed by atoms with van der Waals surface area (Å²) in [5.74, 6) is 1.60. The number of rotatable bonds is 3. The van der Waals surface area contributed by atoms with Gasteiger partial charge < -0.3 is 10.6 Å². The molecule has 3 unspecified atom stereocenters. The number of nitrogens with zero attached hydrogens (tertiary/aromatic N) is 4. The molecular weight excluding hydrogens is 470 g/mol. The van der Waals surface area contributed by atoms with E-state index in [9.17, 15) is 4.39 Å². The number of aryl methyl sites for hydroxylation is 1. The molecule has 1 fully saturated rings. The zero-order valence-corrected chi connectivity index (χ0v) is 17.4. The first-order chi connectivity index (χ1) is 12.2. The molecule has 0 radical (unpaired) electrons. The summed E-state index contributed by atoms with van der Waals surface area (Å²) in [6.45, 7) is 0.767. The SMILES string of the molecule is CN=C(NC1CCc2ncnn2C1)NC1CC1c1c(F)cccc1Cl.I. The van der Waals surface area contributed by atoms with Gasteiger partial charge in [-0.2, -0.15) is 5.10 Å². The minimum atomic E-state index is -0.240. The number of fused-ring (bicyclic) bond motifs is 1. The van der Waals surface area contributed by atoms with Gasteiger partial charge in [0.15, 0.2) is 5.96 Å². The van der Waals surface area contributed by atoms with Crippen molar-refractivity contribution in [3.05, 3.63) is 46.8 Å². The zero-order valence-electron chi connectivity index (χ0n) is 14.3. The van der Waals surface area contributed by atoms with Gasteiger partial charge in [-0.15, -0.1) is 24.0 Å². The van der Waals surface area contributed by atoms with Crippen molar-refractivity contribution in [3.8, 4) is 0 Å². The monoisotopic (exact) mass is 490 g/mol. The third-order valence-electron chi connectivity index (χ3n) is 4.85. The summed E-state index contributed by atoms with van der Waals surface area (Å²) in [7, 11) is 1.74. The van der Waals surface area contributed by atoms with Crippen LogP contribution in [0.5, 0.6) is 0 Å². The number of nitrogens with one attached hydrogen (secondary N) is 2. The molecule has 1 aromatic carbocycles. The highest BCUT2D eigenvalue weighted by atomic mass is 127. The Morgan fingerprint density at radius 1 is 1.38 bits per heavy atom. The van der Waals surface area contributed by atoms with Crippen molar-refractivity contribution in [1.29, 1.82) is 0 Å². The van der Waals surface area contributed by atoms with Crippen LogP contribution in [0, 0.1) is 5.82 Å². The second kappa shape index (κ2) is 8.08. The summed E-state index contributed by atoms with van der Waals surface area (Å²) in [6.07, 6.45) is 4.31. The number of benzene rings is 1. The predicted octanol–water partition coefficient (Wildman–Crippen LogP) is 2.72. The van der Waals surface area contributed by atoms with Gasteiger partial charge in [-0.05, 0) is 25.0 Å². The zero-order chi connectivity index (χ0) is 17.4. The van der Waals surface area contributed by atoms with Gasteiger partial charge >= 0.3 is 0 Å². The minimum Gasteiger partial charge on any atom is -0.353 e. The molecule has 1 aromatic heterocycles. The van der Waals surface area contributed by atoms with E-state index in [-0.39, 0.29) is 47.8 Å². The van der Waals surface area contributed by atoms with E-state index in [0.29, 0.717) is 10.6 Å². The molecule has 2 N–H and O–H groups in total. The van der Waals surface area contributed by atoms with Crippen LogP contribution in [0.2, 0.25) is 5.02 Å². The quantitative estimate of drug-likeness (QED) is 0.394. The Hall–Kier alpha value is -1.42. The van der Waals surface area contributed by atoms with Crippen molar-refractivity contribution < 1.29 is 4.39 Å². The maximum atomic E-state index is 14.0. The first-order valence-electron chi connectivity index (χ1n) is 8.46. The molecule has 4 rings (SSSR count). The van der Waals surface area contributed by atoms with Crippen LogP contribution in [-0.2, 0) is 13.0 Å². The summed E-state index contributed by atoms with van der Waals surface area (Å²) < 4.78 is 16.0. The van der Waals surface area contributed by atoms with Gasteiger partial charge in [-0.25, -0.2) is 14.1 Å². The van der Waals surface area contributed by atoms with Crippen LogP contribution in [0.4, 0.5) is 4.39 Å². The van der Waals surface area contributed by atoms with Crippen LogP contribution in [0.25, 0.3) is 0 Å². The summed E-state index contributed by atoms with van der Waals surface area (Å²) in [5.41, 5.74) is 0.599. The normalized spacial score (nSPS) is 24.4. The number of aromatic nitrogens is 3. The first-order valence-corrected chi connectivity index (χ1v) is 8.84. The Bertz CT molecular complexity index is 790. The lowest BCUT2D eigenvalue weighted by molar-refractivity contribution is 0.392. The average molecular weight is 491 g/mol. The van der Waals surface area contributed by atoms with Crippen LogP contribution < -0.4 is 10.6 Å². The maximum Gasteiger partial charge on any atom is 0.191 e. The fraction of sp³-hybridized carbons (Fsp3) is 0.471. The summed E-state index contributed by atoms with van der Waals surface area (Å²) in [4.78, 5) is 8.54. The molecule has 26 heavy (non-hydrogen) atoms. The van der Waals surface area contributed by atoms with Gasteiger partial charge in [0.25, 0.3) is 0 Å². The van der Waals surface area contributed by atoms with Gasteiger partial charge in [0, 0.05) is 42.1 Å². The number of aliphatic imine (C=N–C) groups is 1. The van der Waals surface area contributed by atoms with Crippen molar-refractivity contribution in [1.82, 2.24) is 25.4 Å². The molecule has 0 saturated heterocycles. The highest BCUT2D eigenvalue weighted by Crippen LogP contribution is 2.44. The number of guanidine groups is 1. The van der Waals surface area contributed by atoms with E-state index < -0.39 is 0 Å². The van der Waals surface area contributed by atoms with Crippen LogP contribution >= 0.6 is 35.6 Å². The van der Waals surface area contributed by atoms with E-state index in [1.54, 1.807) is 25.5 Å². The largest absolute Gasteiger partial charge is 0.353 e. The van der Waals surface area contributed by atoms with Crippen LogP contribution in [0.1, 0.15) is 30.1 Å². The molecule has 0 bridgehead atoms. The molecule has 0 spiro atoms. The van der Waals surface area contributed by atoms with Gasteiger partial charge in [0.2, 0.25) is 0 Å². The standard InChI is InChI=1S/C17H20ClFN6.HI/c1-20-17(23-10-5-6-15-21-9-22-25(15)8-10)24-14-7-11(14)16-12(18)3-2-4-13(16)19;/h2-4,9-11,14H,5-8H2,1H3,(H2,20,23,24);1H. The minimum absolute atomic E-state index is 0. The highest BCUT2D eigenvalue weighted by Gasteiger charge is 2.42. The Labute approximate surface area is 173 Å². The summed E-state index contributed by atoms with van der Waals surface area (Å²) in [6, 6.07) is 5.22. The molecule has 6 nitrogen and oxygen atoms in total. The third kappa shape index (κ3) is 3.95. The molecule has 0 amide bonds. The summed E-state index contributed by atoms with van der Waals surface area (Å²) >= 11 is 6.16. The van der Waals surface area contributed by atoms with Crippen molar-refractivity contribution >= 4 is 41.5 Å². The van der Waals surface area contributed by atoms with Crippen LogP contribution in [0.15, 0.2) is 29.5 Å². The molecule has 9 heteroatoms. The molecule has 3 atom stereocenters. The molecule has 1 aliphatic carbocycles. The molecule has 140 valence electrons. The summed E-state index contributed by atoms with van der Waals surface area (Å²) in [5, 5.41) is 11.5. The van der Waals surface area contributed by atoms with Crippen molar-refractivity contribution in [2.75, 3.05) is 7.05 Å². The fourth-order valence-corrected chi connectivity index (χ4v) is 3.74. The van der Waals surface area contributed by atoms with Crippen molar-refractivity contribution in [2.24, 2.45) is 4.99 Å². The first kappa shape index (κ1) is 19.3. The van der Waals surface area contributed by atoms with Crippen molar-refractivity contribution in [2.45, 2.75) is 43.8 Å². The Morgan fingerprint density at radius 3 is 3.00 bits per heavy atom. The second-order valence-corrected chi connectivity index (χ2v) is 6.95. The lowest BCUT2D eigenvalue weighted by Gasteiger charge is -2.25. The van der Waals surface area contributed by atoms with Gasteiger partial charge in [-0.1, -0.05) is 17.7 Å². The van der Waals surface area contributed by atoms with Crippen LogP contribution in [-0.4, -0.2) is 39.9 Å². The fourth-order valence-electron chi connectivity index (χ4n) is 3.43. The molecule has 2 heterocycles. The van der Waals surface area contributed by atoms with E-state index in [1.165, 1.54) is 6.07 Å². The lowest BCUT2D eigenvalue weighted by atomic mass is 10.1. The lowest BCUT2D eigenvalue weighted by Crippen LogP contribution is -2.47. The smallest absolute Gasteiger partial charge is 0.191 e. The maximum absolute atomic E-state index is 14.0. The number of halogens is 3. The van der Waals surface area contributed by atoms with E-state index in [4.69, 9.17) is 11.6 Å². The van der Waals surface area contributed by atoms with Gasteiger partial charge in [0.1, 0.15) is 18.0 Å². The number of hydrogen-bond acceptors (Lipinski definition) is 3. The molecule has 2 aliphatic rings. The van der Waals surface area contributed by atoms with E-state index in [2.05, 4.69) is 25.7 Å². The van der Waals surface area contributed by atoms with Gasteiger partial charge in [-0.3, -0.25) is 4.99 Å². The molecule has 1 aliphatic heterocycles. The van der Waals surface area contributed by atoms with E-state index in [0.717, 1.165) is 37.6 Å². The van der Waals surface area contributed by atoms with Crippen molar-refractivity contribution in [3.63, 3.8) is 0 Å². The topological polar surface area (TPSA) is 67.1 Å². The molecule has 2 aromatic rings. The van der Waals surface area contributed by atoms with E-state index >= 15 is 0 Å². The Kier molecular flexibility index (Phi) is 6.01.